The highest BCUT2D eigenvalue weighted by Gasteiger charge is 2.34. The molecule has 1 aromatic heterocycles. The number of aromatic nitrogens is 1. The Labute approximate surface area is 153 Å². The summed E-state index contributed by atoms with van der Waals surface area (Å²) in [5.74, 6) is -0.299. The lowest BCUT2D eigenvalue weighted by Crippen LogP contribution is -2.27. The van der Waals surface area contributed by atoms with E-state index in [0.717, 1.165) is 0 Å². The van der Waals surface area contributed by atoms with E-state index in [1.165, 1.54) is 13.2 Å². The Kier molecular flexibility index (Phi) is 3.74. The average Bonchev–Trinajstić information content (AvgIpc) is 2.67. The number of ether oxygens (including phenoxy) is 2. The Morgan fingerprint density at radius 1 is 1.30 bits per heavy atom. The van der Waals surface area contributed by atoms with Crippen LogP contribution in [0.2, 0.25) is 0 Å². The van der Waals surface area contributed by atoms with Crippen molar-refractivity contribution in [2.75, 3.05) is 7.11 Å². The van der Waals surface area contributed by atoms with Crippen molar-refractivity contribution in [2.24, 2.45) is 5.73 Å². The number of aromatic amines is 1. The predicted molar refractivity (Wildman–Crippen MR) is 98.5 cm³/mol. The van der Waals surface area contributed by atoms with Gasteiger partial charge >= 0.3 is 0 Å². The summed E-state index contributed by atoms with van der Waals surface area (Å²) in [6, 6.07) is 13.9. The minimum absolute atomic E-state index is 0.0450. The van der Waals surface area contributed by atoms with Crippen molar-refractivity contribution in [2.45, 2.75) is 5.92 Å². The van der Waals surface area contributed by atoms with E-state index in [0.29, 0.717) is 22.2 Å². The van der Waals surface area contributed by atoms with Gasteiger partial charge in [-0.25, -0.2) is 0 Å². The molecule has 0 fully saturated rings. The number of nitrogens with two attached hydrogens (primary N) is 1. The van der Waals surface area contributed by atoms with E-state index < -0.39 is 5.92 Å². The molecule has 0 spiro atoms. The van der Waals surface area contributed by atoms with Gasteiger partial charge in [0.15, 0.2) is 11.5 Å². The quantitative estimate of drug-likeness (QED) is 0.645. The number of pyridine rings is 1. The summed E-state index contributed by atoms with van der Waals surface area (Å²) in [6.07, 6.45) is 0. The highest BCUT2D eigenvalue weighted by molar-refractivity contribution is 5.87. The summed E-state index contributed by atoms with van der Waals surface area (Å²) in [5.41, 5.74) is 7.23. The second-order valence-corrected chi connectivity index (χ2v) is 6.10. The topological polar surface area (TPSA) is 121 Å². The molecular formula is C20H15N3O4. The molecule has 0 radical (unpaired) electrons. The zero-order valence-corrected chi connectivity index (χ0v) is 14.3. The number of benzene rings is 2. The van der Waals surface area contributed by atoms with Crippen LogP contribution < -0.4 is 20.8 Å². The molecule has 3 aromatic rings. The molecular weight excluding hydrogens is 346 g/mol. The van der Waals surface area contributed by atoms with E-state index in [1.807, 2.05) is 18.2 Å². The molecule has 0 saturated carbocycles. The molecule has 7 nitrogen and oxygen atoms in total. The first-order chi connectivity index (χ1) is 13.0. The second-order valence-electron chi connectivity index (χ2n) is 6.10. The third-order valence-electron chi connectivity index (χ3n) is 4.62. The first-order valence-corrected chi connectivity index (χ1v) is 8.14. The van der Waals surface area contributed by atoms with Gasteiger partial charge in [-0.05, 0) is 29.8 Å². The Balaban J connectivity index is 2.06. The Bertz CT molecular complexity index is 1200. The molecule has 0 saturated heterocycles. The summed E-state index contributed by atoms with van der Waals surface area (Å²) in [6.45, 7) is 0. The van der Waals surface area contributed by atoms with E-state index in [2.05, 4.69) is 4.98 Å². The number of rotatable bonds is 2. The number of nitriles is 1. The molecule has 2 aromatic carbocycles. The zero-order valence-electron chi connectivity index (χ0n) is 14.3. The molecule has 1 aliphatic rings. The van der Waals surface area contributed by atoms with Gasteiger partial charge in [-0.2, -0.15) is 5.26 Å². The van der Waals surface area contributed by atoms with E-state index in [4.69, 9.17) is 15.2 Å². The van der Waals surface area contributed by atoms with Gasteiger partial charge in [-0.1, -0.05) is 18.2 Å². The number of allylic oxidation sites excluding steroid dienone is 1. The maximum absolute atomic E-state index is 12.9. The second kappa shape index (κ2) is 6.11. The smallest absolute Gasteiger partial charge is 0.256 e. The number of hydrogen-bond donors (Lipinski definition) is 3. The van der Waals surface area contributed by atoms with Gasteiger partial charge in [0.05, 0.1) is 24.1 Å². The number of fused-ring (bicyclic) bond motifs is 3. The van der Waals surface area contributed by atoms with Gasteiger partial charge in [0.1, 0.15) is 17.4 Å². The lowest BCUT2D eigenvalue weighted by atomic mass is 9.83. The zero-order chi connectivity index (χ0) is 19.1. The number of phenols is 1. The molecule has 1 atom stereocenters. The monoisotopic (exact) mass is 361 g/mol. The lowest BCUT2D eigenvalue weighted by molar-refractivity contribution is 0.372. The number of phenolic OH excluding ortho intramolecular Hbond substituents is 1. The number of aromatic hydroxyl groups is 1. The lowest BCUT2D eigenvalue weighted by Gasteiger charge is -2.26. The maximum Gasteiger partial charge on any atom is 0.256 e. The molecule has 27 heavy (non-hydrogen) atoms. The third kappa shape index (κ3) is 2.47. The highest BCUT2D eigenvalue weighted by atomic mass is 16.5. The first kappa shape index (κ1) is 16.5. The van der Waals surface area contributed by atoms with Crippen molar-refractivity contribution in [3.05, 3.63) is 75.4 Å². The molecule has 0 amide bonds. The SMILES string of the molecule is COc1cc([C@H]2C(C#N)=C(N)Oc3c2c(=O)[nH]c2ccccc32)ccc1O. The largest absolute Gasteiger partial charge is 0.504 e. The maximum atomic E-state index is 12.9. The van der Waals surface area contributed by atoms with E-state index >= 15 is 0 Å². The minimum Gasteiger partial charge on any atom is -0.504 e. The summed E-state index contributed by atoms with van der Waals surface area (Å²) in [7, 11) is 1.42. The summed E-state index contributed by atoms with van der Waals surface area (Å²) in [5, 5.41) is 20.2. The van der Waals surface area contributed by atoms with Gasteiger partial charge in [0.25, 0.3) is 5.56 Å². The van der Waals surface area contributed by atoms with E-state index in [-0.39, 0.29) is 34.1 Å². The summed E-state index contributed by atoms with van der Waals surface area (Å²) in [4.78, 5) is 15.7. The van der Waals surface area contributed by atoms with Crippen LogP contribution in [0.15, 0.2) is 58.7 Å². The first-order valence-electron chi connectivity index (χ1n) is 8.14. The Morgan fingerprint density at radius 2 is 2.07 bits per heavy atom. The van der Waals surface area contributed by atoms with Crippen LogP contribution in [0, 0.1) is 11.3 Å². The number of H-pyrrole nitrogens is 1. The van der Waals surface area contributed by atoms with E-state index in [1.54, 1.807) is 24.3 Å². The van der Waals surface area contributed by atoms with Crippen LogP contribution in [-0.2, 0) is 0 Å². The van der Waals surface area contributed by atoms with Crippen LogP contribution in [0.25, 0.3) is 10.9 Å². The van der Waals surface area contributed by atoms with Crippen molar-refractivity contribution in [3.8, 4) is 23.3 Å². The molecule has 0 bridgehead atoms. The van der Waals surface area contributed by atoms with Gasteiger partial charge in [-0.15, -0.1) is 0 Å². The van der Waals surface area contributed by atoms with Crippen LogP contribution in [0.3, 0.4) is 0 Å². The Morgan fingerprint density at radius 3 is 2.81 bits per heavy atom. The predicted octanol–water partition coefficient (Wildman–Crippen LogP) is 2.46. The fourth-order valence-corrected chi connectivity index (χ4v) is 3.38. The average molecular weight is 361 g/mol. The van der Waals surface area contributed by atoms with Gasteiger partial charge < -0.3 is 25.3 Å². The van der Waals surface area contributed by atoms with Crippen molar-refractivity contribution in [1.82, 2.24) is 4.98 Å². The molecule has 7 heteroatoms. The molecule has 134 valence electrons. The van der Waals surface area contributed by atoms with Crippen molar-refractivity contribution < 1.29 is 14.6 Å². The molecule has 4 N–H and O–H groups in total. The van der Waals surface area contributed by atoms with Gasteiger partial charge in [0, 0.05) is 5.39 Å². The van der Waals surface area contributed by atoms with Crippen LogP contribution in [0.4, 0.5) is 0 Å². The number of hydrogen-bond acceptors (Lipinski definition) is 6. The molecule has 0 unspecified atom stereocenters. The molecule has 4 rings (SSSR count). The highest BCUT2D eigenvalue weighted by Crippen LogP contribution is 2.44. The van der Waals surface area contributed by atoms with Crippen LogP contribution in [0.1, 0.15) is 17.0 Å². The molecule has 1 aliphatic heterocycles. The fourth-order valence-electron chi connectivity index (χ4n) is 3.38. The van der Waals surface area contributed by atoms with Crippen LogP contribution in [0.5, 0.6) is 17.2 Å². The molecule has 0 aliphatic carbocycles. The van der Waals surface area contributed by atoms with Crippen LogP contribution >= 0.6 is 0 Å². The fraction of sp³-hybridized carbons (Fsp3) is 0.100. The van der Waals surface area contributed by atoms with Crippen LogP contribution in [-0.4, -0.2) is 17.2 Å². The third-order valence-corrected chi connectivity index (χ3v) is 4.62. The number of nitrogens with zero attached hydrogens (tertiary/aromatic N) is 1. The van der Waals surface area contributed by atoms with Crippen molar-refractivity contribution in [3.63, 3.8) is 0 Å². The summed E-state index contributed by atoms with van der Waals surface area (Å²) >= 11 is 0. The van der Waals surface area contributed by atoms with E-state index in [9.17, 15) is 15.2 Å². The van der Waals surface area contributed by atoms with Crippen molar-refractivity contribution in [1.29, 1.82) is 5.26 Å². The minimum atomic E-state index is -0.749. The summed E-state index contributed by atoms with van der Waals surface area (Å²) < 4.78 is 10.9. The van der Waals surface area contributed by atoms with Gasteiger partial charge in [-0.3, -0.25) is 4.79 Å². The Hall–Kier alpha value is -3.92. The van der Waals surface area contributed by atoms with Crippen molar-refractivity contribution >= 4 is 10.9 Å². The van der Waals surface area contributed by atoms with Gasteiger partial charge in [0.2, 0.25) is 5.88 Å². The molecule has 2 heterocycles. The standard InChI is InChI=1S/C20H15N3O4/c1-26-15-8-10(6-7-14(15)24)16-12(9-21)19(22)27-18-11-4-2-3-5-13(11)23-20(25)17(16)18/h2-8,16,24H,22H2,1H3,(H,23,25)/t16-/m0/s1. The number of methoxy groups -OCH3 is 1. The normalized spacial score (nSPS) is 15.8. The number of nitrogens with one attached hydrogen (secondary N) is 1. The number of para-hydroxylation sites is 1.